The molecule has 0 saturated carbocycles. The van der Waals surface area contributed by atoms with Crippen LogP contribution >= 0.6 is 0 Å². The van der Waals surface area contributed by atoms with E-state index in [9.17, 15) is 0 Å². The minimum absolute atomic E-state index is 0.369. The third-order valence-electron chi connectivity index (χ3n) is 3.06. The van der Waals surface area contributed by atoms with E-state index in [1.165, 1.54) is 5.70 Å². The van der Waals surface area contributed by atoms with Crippen molar-refractivity contribution >= 4 is 5.82 Å². The summed E-state index contributed by atoms with van der Waals surface area (Å²) in [5.74, 6) is 1.58. The van der Waals surface area contributed by atoms with Crippen molar-refractivity contribution in [1.82, 2.24) is 10.3 Å². The molecule has 1 aliphatic rings. The van der Waals surface area contributed by atoms with Crippen molar-refractivity contribution in [3.8, 4) is 5.88 Å². The molecule has 4 nitrogen and oxygen atoms in total. The van der Waals surface area contributed by atoms with E-state index >= 15 is 0 Å². The Morgan fingerprint density at radius 2 is 2.26 bits per heavy atom. The van der Waals surface area contributed by atoms with Crippen molar-refractivity contribution in [2.45, 2.75) is 26.3 Å². The number of pyridine rings is 1. The summed E-state index contributed by atoms with van der Waals surface area (Å²) in [7, 11) is 1.64. The van der Waals surface area contributed by atoms with E-state index in [2.05, 4.69) is 41.2 Å². The lowest BCUT2D eigenvalue weighted by Gasteiger charge is -2.29. The molecule has 0 radical (unpaired) electrons. The van der Waals surface area contributed by atoms with Crippen LogP contribution in [0.4, 0.5) is 5.82 Å². The van der Waals surface area contributed by atoms with Gasteiger partial charge in [-0.25, -0.2) is 0 Å². The van der Waals surface area contributed by atoms with Crippen LogP contribution in [0.1, 0.15) is 20.3 Å². The smallest absolute Gasteiger partial charge is 0.214 e. The lowest BCUT2D eigenvalue weighted by molar-refractivity contribution is 0.397. The van der Waals surface area contributed by atoms with Gasteiger partial charge in [0.05, 0.1) is 13.7 Å². The van der Waals surface area contributed by atoms with Gasteiger partial charge in [-0.3, -0.25) is 0 Å². The second-order valence-electron chi connectivity index (χ2n) is 4.77. The van der Waals surface area contributed by atoms with Gasteiger partial charge in [0.25, 0.3) is 0 Å². The normalized spacial score (nSPS) is 14.0. The monoisotopic (exact) mass is 259 g/mol. The number of dihydropyridines is 1. The van der Waals surface area contributed by atoms with E-state index in [1.807, 2.05) is 24.4 Å². The average Bonchev–Trinajstić information content (AvgIpc) is 2.45. The third-order valence-corrected chi connectivity index (χ3v) is 3.06. The Bertz CT molecular complexity index is 480. The van der Waals surface area contributed by atoms with Crippen LogP contribution in [0.15, 0.2) is 42.2 Å². The van der Waals surface area contributed by atoms with E-state index in [-0.39, 0.29) is 0 Å². The largest absolute Gasteiger partial charge is 0.481 e. The highest BCUT2D eigenvalue weighted by molar-refractivity contribution is 5.43. The zero-order valence-corrected chi connectivity index (χ0v) is 11.8. The second kappa shape index (κ2) is 6.27. The van der Waals surface area contributed by atoms with Gasteiger partial charge in [-0.05, 0) is 32.5 Å². The molecule has 19 heavy (non-hydrogen) atoms. The molecule has 2 heterocycles. The molecule has 1 N–H and O–H groups in total. The standard InChI is InChI=1S/C15H21N3O/c1-12(2)18(11-13-7-4-5-10-16-13)14-8-6-9-15(17-14)19-3/h5-10,12,16H,4,11H2,1-3H3. The maximum absolute atomic E-state index is 5.20. The van der Waals surface area contributed by atoms with Crippen LogP contribution in [0.5, 0.6) is 5.88 Å². The zero-order valence-electron chi connectivity index (χ0n) is 11.8. The molecule has 1 aliphatic heterocycles. The van der Waals surface area contributed by atoms with Crippen molar-refractivity contribution in [3.63, 3.8) is 0 Å². The van der Waals surface area contributed by atoms with Gasteiger partial charge < -0.3 is 15.0 Å². The number of nitrogens with zero attached hydrogens (tertiary/aromatic N) is 2. The first kappa shape index (κ1) is 13.5. The van der Waals surface area contributed by atoms with Gasteiger partial charge in [0, 0.05) is 17.8 Å². The summed E-state index contributed by atoms with van der Waals surface area (Å²) in [6.45, 7) is 5.16. The number of allylic oxidation sites excluding steroid dienone is 2. The van der Waals surface area contributed by atoms with E-state index in [1.54, 1.807) is 7.11 Å². The number of methoxy groups -OCH3 is 1. The lowest BCUT2D eigenvalue weighted by atomic mass is 10.2. The van der Waals surface area contributed by atoms with Crippen LogP contribution in [-0.2, 0) is 0 Å². The van der Waals surface area contributed by atoms with Crippen molar-refractivity contribution < 1.29 is 4.74 Å². The summed E-state index contributed by atoms with van der Waals surface area (Å²) in [6.07, 6.45) is 7.29. The Morgan fingerprint density at radius 1 is 1.42 bits per heavy atom. The van der Waals surface area contributed by atoms with E-state index in [0.717, 1.165) is 18.8 Å². The van der Waals surface area contributed by atoms with Gasteiger partial charge in [0.2, 0.25) is 5.88 Å². The second-order valence-corrected chi connectivity index (χ2v) is 4.77. The molecular formula is C15H21N3O. The third kappa shape index (κ3) is 3.50. The summed E-state index contributed by atoms with van der Waals surface area (Å²) < 4.78 is 5.20. The summed E-state index contributed by atoms with van der Waals surface area (Å²) in [4.78, 5) is 6.76. The molecule has 0 saturated heterocycles. The molecule has 0 fully saturated rings. The lowest BCUT2D eigenvalue weighted by Crippen LogP contribution is -2.35. The van der Waals surface area contributed by atoms with Crippen LogP contribution in [-0.4, -0.2) is 24.7 Å². The topological polar surface area (TPSA) is 37.4 Å². The summed E-state index contributed by atoms with van der Waals surface area (Å²) in [5.41, 5.74) is 1.21. The predicted molar refractivity (Wildman–Crippen MR) is 78.2 cm³/mol. The first-order chi connectivity index (χ1) is 9.20. The van der Waals surface area contributed by atoms with Crippen LogP contribution in [0.2, 0.25) is 0 Å². The number of nitrogens with one attached hydrogen (secondary N) is 1. The molecule has 0 amide bonds. The van der Waals surface area contributed by atoms with E-state index in [0.29, 0.717) is 11.9 Å². The molecular weight excluding hydrogens is 238 g/mol. The molecule has 0 unspecified atom stereocenters. The van der Waals surface area contributed by atoms with Crippen molar-refractivity contribution in [2.75, 3.05) is 18.6 Å². The molecule has 0 atom stereocenters. The molecule has 0 spiro atoms. The van der Waals surface area contributed by atoms with Gasteiger partial charge in [-0.2, -0.15) is 4.98 Å². The van der Waals surface area contributed by atoms with Crippen molar-refractivity contribution in [1.29, 1.82) is 0 Å². The quantitative estimate of drug-likeness (QED) is 0.882. The number of ether oxygens (including phenoxy) is 1. The van der Waals surface area contributed by atoms with E-state index in [4.69, 9.17) is 4.74 Å². The Labute approximate surface area is 114 Å². The highest BCUT2D eigenvalue weighted by atomic mass is 16.5. The number of anilines is 1. The zero-order chi connectivity index (χ0) is 13.7. The molecule has 1 aromatic heterocycles. The molecule has 102 valence electrons. The predicted octanol–water partition coefficient (Wildman–Crippen LogP) is 2.70. The van der Waals surface area contributed by atoms with Gasteiger partial charge >= 0.3 is 0 Å². The first-order valence-electron chi connectivity index (χ1n) is 6.59. The maximum atomic E-state index is 5.20. The van der Waals surface area contributed by atoms with Crippen molar-refractivity contribution in [2.24, 2.45) is 0 Å². The summed E-state index contributed by atoms with van der Waals surface area (Å²) in [5, 5.41) is 3.28. The van der Waals surface area contributed by atoms with E-state index < -0.39 is 0 Å². The fourth-order valence-electron chi connectivity index (χ4n) is 2.00. The van der Waals surface area contributed by atoms with Gasteiger partial charge in [0.1, 0.15) is 5.82 Å². The van der Waals surface area contributed by atoms with Gasteiger partial charge in [0.15, 0.2) is 0 Å². The minimum atomic E-state index is 0.369. The Morgan fingerprint density at radius 3 is 2.89 bits per heavy atom. The molecule has 2 rings (SSSR count). The molecule has 0 aliphatic carbocycles. The van der Waals surface area contributed by atoms with Crippen LogP contribution in [0, 0.1) is 0 Å². The van der Waals surface area contributed by atoms with Gasteiger partial charge in [-0.1, -0.05) is 18.2 Å². The summed E-state index contributed by atoms with van der Waals surface area (Å²) in [6, 6.07) is 6.22. The summed E-state index contributed by atoms with van der Waals surface area (Å²) >= 11 is 0. The molecule has 1 aromatic rings. The Kier molecular flexibility index (Phi) is 4.44. The van der Waals surface area contributed by atoms with Crippen LogP contribution in [0.25, 0.3) is 0 Å². The SMILES string of the molecule is COc1cccc(N(CC2=CCC=CN2)C(C)C)n1. The fraction of sp³-hybridized carbons (Fsp3) is 0.400. The highest BCUT2D eigenvalue weighted by Gasteiger charge is 2.14. The molecule has 0 aromatic carbocycles. The van der Waals surface area contributed by atoms with Gasteiger partial charge in [-0.15, -0.1) is 0 Å². The first-order valence-corrected chi connectivity index (χ1v) is 6.59. The highest BCUT2D eigenvalue weighted by Crippen LogP contribution is 2.19. The molecule has 0 bridgehead atoms. The number of hydrogen-bond donors (Lipinski definition) is 1. The number of hydrogen-bond acceptors (Lipinski definition) is 4. The average molecular weight is 259 g/mol. The van der Waals surface area contributed by atoms with Crippen LogP contribution in [0.3, 0.4) is 0 Å². The molecule has 4 heteroatoms. The van der Waals surface area contributed by atoms with Crippen molar-refractivity contribution in [3.05, 3.63) is 42.2 Å². The fourth-order valence-corrected chi connectivity index (χ4v) is 2.00. The Balaban J connectivity index is 2.17. The minimum Gasteiger partial charge on any atom is -0.481 e. The number of aromatic nitrogens is 1. The maximum Gasteiger partial charge on any atom is 0.214 e. The van der Waals surface area contributed by atoms with Crippen LogP contribution < -0.4 is 15.0 Å². The Hall–Kier alpha value is -1.97. The number of rotatable bonds is 5.